The van der Waals surface area contributed by atoms with Crippen molar-refractivity contribution in [1.29, 1.82) is 0 Å². The van der Waals surface area contributed by atoms with Crippen molar-refractivity contribution < 1.29 is 14.7 Å². The van der Waals surface area contributed by atoms with Crippen LogP contribution in [-0.2, 0) is 4.79 Å². The van der Waals surface area contributed by atoms with Crippen molar-refractivity contribution in [3.8, 4) is 0 Å². The van der Waals surface area contributed by atoms with E-state index in [0.717, 1.165) is 11.6 Å². The SMILES string of the molecule is CC(NC(=O)c1csc(/C=C/C(=O)O)c1)c1cn[nH]c1. The Morgan fingerprint density at radius 3 is 3.00 bits per heavy atom. The number of hydrogen-bond acceptors (Lipinski definition) is 4. The van der Waals surface area contributed by atoms with Gasteiger partial charge in [0.1, 0.15) is 0 Å². The maximum Gasteiger partial charge on any atom is 0.328 e. The number of nitrogens with one attached hydrogen (secondary N) is 2. The quantitative estimate of drug-likeness (QED) is 0.735. The summed E-state index contributed by atoms with van der Waals surface area (Å²) in [4.78, 5) is 23.2. The largest absolute Gasteiger partial charge is 0.478 e. The van der Waals surface area contributed by atoms with Gasteiger partial charge in [-0.3, -0.25) is 9.89 Å². The molecule has 0 bridgehead atoms. The lowest BCUT2D eigenvalue weighted by Gasteiger charge is -2.10. The molecule has 104 valence electrons. The molecule has 0 aromatic carbocycles. The fourth-order valence-corrected chi connectivity index (χ4v) is 2.35. The topological polar surface area (TPSA) is 95.1 Å². The zero-order valence-corrected chi connectivity index (χ0v) is 11.5. The van der Waals surface area contributed by atoms with Crippen LogP contribution in [0.3, 0.4) is 0 Å². The number of H-pyrrole nitrogens is 1. The molecule has 2 aromatic rings. The third kappa shape index (κ3) is 3.55. The highest BCUT2D eigenvalue weighted by Gasteiger charge is 2.13. The van der Waals surface area contributed by atoms with E-state index in [1.165, 1.54) is 17.4 Å². The van der Waals surface area contributed by atoms with E-state index in [2.05, 4.69) is 15.5 Å². The molecular formula is C13H13N3O3S. The lowest BCUT2D eigenvalue weighted by Crippen LogP contribution is -2.25. The molecule has 0 aliphatic rings. The minimum absolute atomic E-state index is 0.154. The summed E-state index contributed by atoms with van der Waals surface area (Å²) in [7, 11) is 0. The van der Waals surface area contributed by atoms with Crippen molar-refractivity contribution in [2.24, 2.45) is 0 Å². The Morgan fingerprint density at radius 2 is 2.35 bits per heavy atom. The van der Waals surface area contributed by atoms with Crippen LogP contribution in [0.5, 0.6) is 0 Å². The molecule has 20 heavy (non-hydrogen) atoms. The first kappa shape index (κ1) is 14.0. The predicted octanol–water partition coefficient (Wildman–Crippen LogP) is 2.06. The van der Waals surface area contributed by atoms with Gasteiger partial charge in [0.05, 0.1) is 17.8 Å². The van der Waals surface area contributed by atoms with Crippen molar-refractivity contribution in [1.82, 2.24) is 15.5 Å². The summed E-state index contributed by atoms with van der Waals surface area (Å²) in [5.41, 5.74) is 1.40. The summed E-state index contributed by atoms with van der Waals surface area (Å²) >= 11 is 1.31. The predicted molar refractivity (Wildman–Crippen MR) is 75.5 cm³/mol. The first-order valence-electron chi connectivity index (χ1n) is 5.85. The van der Waals surface area contributed by atoms with Gasteiger partial charge in [-0.25, -0.2) is 4.79 Å². The molecule has 3 N–H and O–H groups in total. The number of thiophene rings is 1. The van der Waals surface area contributed by atoms with Crippen LogP contribution >= 0.6 is 11.3 Å². The average molecular weight is 291 g/mol. The lowest BCUT2D eigenvalue weighted by molar-refractivity contribution is -0.131. The van der Waals surface area contributed by atoms with Crippen LogP contribution in [0, 0.1) is 0 Å². The highest BCUT2D eigenvalue weighted by atomic mass is 32.1. The Hall–Kier alpha value is -2.41. The van der Waals surface area contributed by atoms with Crippen molar-refractivity contribution in [2.75, 3.05) is 0 Å². The third-order valence-corrected chi connectivity index (χ3v) is 3.54. The summed E-state index contributed by atoms with van der Waals surface area (Å²) < 4.78 is 0. The maximum absolute atomic E-state index is 12.0. The van der Waals surface area contributed by atoms with Crippen LogP contribution in [0.25, 0.3) is 6.08 Å². The van der Waals surface area contributed by atoms with Gasteiger partial charge in [-0.05, 0) is 19.1 Å². The van der Waals surface area contributed by atoms with Crippen molar-refractivity contribution in [2.45, 2.75) is 13.0 Å². The maximum atomic E-state index is 12.0. The number of nitrogens with zero attached hydrogens (tertiary/aromatic N) is 1. The van der Waals surface area contributed by atoms with Gasteiger partial charge in [-0.15, -0.1) is 11.3 Å². The Kier molecular flexibility index (Phi) is 4.31. The highest BCUT2D eigenvalue weighted by molar-refractivity contribution is 7.11. The molecule has 2 aromatic heterocycles. The smallest absolute Gasteiger partial charge is 0.328 e. The molecular weight excluding hydrogens is 278 g/mol. The van der Waals surface area contributed by atoms with Crippen molar-refractivity contribution in [3.63, 3.8) is 0 Å². The molecule has 0 aliphatic heterocycles. The van der Waals surface area contributed by atoms with Crippen LogP contribution in [0.1, 0.15) is 33.8 Å². The number of carboxylic acid groups (broad SMARTS) is 1. The van der Waals surface area contributed by atoms with Gasteiger partial charge in [0.25, 0.3) is 5.91 Å². The molecule has 2 heterocycles. The van der Waals surface area contributed by atoms with Crippen molar-refractivity contribution >= 4 is 29.3 Å². The highest BCUT2D eigenvalue weighted by Crippen LogP contribution is 2.18. The standard InChI is InChI=1S/C13H13N3O3S/c1-8(10-5-14-15-6-10)16-13(19)9-4-11(20-7-9)2-3-12(17)18/h2-8H,1H3,(H,14,15)(H,16,19)(H,17,18)/b3-2+. The second-order valence-electron chi connectivity index (χ2n) is 4.14. The number of aliphatic carboxylic acids is 1. The molecule has 0 fully saturated rings. The van der Waals surface area contributed by atoms with E-state index >= 15 is 0 Å². The third-order valence-electron chi connectivity index (χ3n) is 2.64. The van der Waals surface area contributed by atoms with Crippen LogP contribution in [-0.4, -0.2) is 27.2 Å². The molecule has 1 unspecified atom stereocenters. The Labute approximate surface area is 119 Å². The van der Waals surface area contributed by atoms with Gasteiger partial charge < -0.3 is 10.4 Å². The minimum Gasteiger partial charge on any atom is -0.478 e. The normalized spacial score (nSPS) is 12.4. The average Bonchev–Trinajstić information content (AvgIpc) is 3.07. The second-order valence-corrected chi connectivity index (χ2v) is 5.08. The monoisotopic (exact) mass is 291 g/mol. The number of carbonyl (C=O) groups excluding carboxylic acids is 1. The van der Waals surface area contributed by atoms with Crippen LogP contribution in [0.4, 0.5) is 0 Å². The van der Waals surface area contributed by atoms with Crippen LogP contribution in [0.2, 0.25) is 0 Å². The van der Waals surface area contributed by atoms with E-state index in [9.17, 15) is 9.59 Å². The molecule has 0 aliphatic carbocycles. The number of amides is 1. The zero-order chi connectivity index (χ0) is 14.5. The van der Waals surface area contributed by atoms with Gasteiger partial charge in [0.15, 0.2) is 0 Å². The fourth-order valence-electron chi connectivity index (χ4n) is 1.57. The van der Waals surface area contributed by atoms with Crippen LogP contribution in [0.15, 0.2) is 29.9 Å². The summed E-state index contributed by atoms with van der Waals surface area (Å²) in [6.45, 7) is 1.86. The first-order chi connectivity index (χ1) is 9.56. The molecule has 0 saturated heterocycles. The van der Waals surface area contributed by atoms with Crippen molar-refractivity contribution in [3.05, 3.63) is 45.9 Å². The number of carboxylic acids is 1. The molecule has 1 atom stereocenters. The number of rotatable bonds is 5. The molecule has 6 nitrogen and oxygen atoms in total. The zero-order valence-electron chi connectivity index (χ0n) is 10.7. The fraction of sp³-hybridized carbons (Fsp3) is 0.154. The molecule has 0 spiro atoms. The Balaban J connectivity index is 2.01. The van der Waals surface area contributed by atoms with Gasteiger partial charge in [-0.1, -0.05) is 0 Å². The summed E-state index contributed by atoms with van der Waals surface area (Å²) in [6.07, 6.45) is 5.88. The Morgan fingerprint density at radius 1 is 1.55 bits per heavy atom. The van der Waals surface area contributed by atoms with E-state index in [1.54, 1.807) is 23.8 Å². The minimum atomic E-state index is -1.02. The Bertz CT molecular complexity index is 631. The lowest BCUT2D eigenvalue weighted by atomic mass is 10.2. The van der Waals surface area contributed by atoms with Gasteiger partial charge in [0.2, 0.25) is 0 Å². The molecule has 0 radical (unpaired) electrons. The van der Waals surface area contributed by atoms with Gasteiger partial charge >= 0.3 is 5.97 Å². The molecule has 2 rings (SSSR count). The van der Waals surface area contributed by atoms with E-state index in [1.807, 2.05) is 6.92 Å². The summed E-state index contributed by atoms with van der Waals surface area (Å²) in [5.74, 6) is -1.22. The summed E-state index contributed by atoms with van der Waals surface area (Å²) in [6, 6.07) is 1.50. The second kappa shape index (κ2) is 6.16. The van der Waals surface area contributed by atoms with E-state index < -0.39 is 5.97 Å². The van der Waals surface area contributed by atoms with E-state index in [-0.39, 0.29) is 11.9 Å². The van der Waals surface area contributed by atoms with E-state index in [0.29, 0.717) is 10.4 Å². The molecule has 7 heteroatoms. The summed E-state index contributed by atoms with van der Waals surface area (Å²) in [5, 5.41) is 19.6. The van der Waals surface area contributed by atoms with Gasteiger partial charge in [0, 0.05) is 28.1 Å². The first-order valence-corrected chi connectivity index (χ1v) is 6.73. The van der Waals surface area contributed by atoms with Crippen LogP contribution < -0.4 is 5.32 Å². The van der Waals surface area contributed by atoms with Gasteiger partial charge in [-0.2, -0.15) is 5.10 Å². The number of carbonyl (C=O) groups is 2. The molecule has 0 saturated carbocycles. The number of hydrogen-bond donors (Lipinski definition) is 3. The molecule has 1 amide bonds. The van der Waals surface area contributed by atoms with E-state index in [4.69, 9.17) is 5.11 Å². The number of aromatic amines is 1. The number of aromatic nitrogens is 2.